The summed E-state index contributed by atoms with van der Waals surface area (Å²) in [5, 5.41) is 11.5. The van der Waals surface area contributed by atoms with E-state index < -0.39 is 0 Å². The zero-order valence-electron chi connectivity index (χ0n) is 11.8. The van der Waals surface area contributed by atoms with E-state index in [1.54, 1.807) is 7.11 Å². The van der Waals surface area contributed by atoms with Crippen molar-refractivity contribution < 1.29 is 9.94 Å². The molecule has 1 aromatic carbocycles. The molecule has 1 unspecified atom stereocenters. The van der Waals surface area contributed by atoms with Crippen LogP contribution in [-0.2, 0) is 6.42 Å². The highest BCUT2D eigenvalue weighted by Crippen LogP contribution is 2.20. The van der Waals surface area contributed by atoms with E-state index in [0.717, 1.165) is 18.7 Å². The van der Waals surface area contributed by atoms with Crippen LogP contribution in [0.3, 0.4) is 0 Å². The van der Waals surface area contributed by atoms with Crippen LogP contribution in [0.1, 0.15) is 18.9 Å². The van der Waals surface area contributed by atoms with E-state index in [4.69, 9.17) is 15.7 Å². The number of hydrogen-bond acceptors (Lipinski definition) is 4. The van der Waals surface area contributed by atoms with Crippen molar-refractivity contribution in [2.24, 2.45) is 10.9 Å². The SMILES string of the molecule is COc1ccccc1CC(C)N(C)CCC(N)=NO. The summed E-state index contributed by atoms with van der Waals surface area (Å²) in [4.78, 5) is 2.18. The zero-order chi connectivity index (χ0) is 14.3. The molecule has 0 aliphatic carbocycles. The van der Waals surface area contributed by atoms with Gasteiger partial charge in [0.05, 0.1) is 7.11 Å². The molecule has 3 N–H and O–H groups in total. The molecule has 0 aliphatic rings. The summed E-state index contributed by atoms with van der Waals surface area (Å²) in [6.45, 7) is 2.91. The van der Waals surface area contributed by atoms with E-state index in [-0.39, 0.29) is 5.84 Å². The van der Waals surface area contributed by atoms with Gasteiger partial charge in [-0.15, -0.1) is 0 Å². The van der Waals surface area contributed by atoms with Crippen molar-refractivity contribution in [3.8, 4) is 5.75 Å². The molecule has 0 saturated heterocycles. The summed E-state index contributed by atoms with van der Waals surface area (Å²) in [6.07, 6.45) is 1.46. The van der Waals surface area contributed by atoms with Gasteiger partial charge in [0, 0.05) is 19.0 Å². The number of rotatable bonds is 7. The van der Waals surface area contributed by atoms with Crippen LogP contribution in [-0.4, -0.2) is 42.7 Å². The molecule has 0 saturated carbocycles. The quantitative estimate of drug-likeness (QED) is 0.341. The highest BCUT2D eigenvalue weighted by molar-refractivity contribution is 5.79. The van der Waals surface area contributed by atoms with Gasteiger partial charge in [0.1, 0.15) is 11.6 Å². The van der Waals surface area contributed by atoms with Gasteiger partial charge in [0.15, 0.2) is 0 Å². The summed E-state index contributed by atoms with van der Waals surface area (Å²) >= 11 is 0. The monoisotopic (exact) mass is 265 g/mol. The number of nitrogens with two attached hydrogens (primary N) is 1. The van der Waals surface area contributed by atoms with Gasteiger partial charge >= 0.3 is 0 Å². The van der Waals surface area contributed by atoms with Gasteiger partial charge in [-0.3, -0.25) is 0 Å². The molecule has 0 fully saturated rings. The number of oxime groups is 1. The minimum absolute atomic E-state index is 0.261. The predicted molar refractivity (Wildman–Crippen MR) is 76.8 cm³/mol. The van der Waals surface area contributed by atoms with Crippen LogP contribution in [0.4, 0.5) is 0 Å². The summed E-state index contributed by atoms with van der Waals surface area (Å²) < 4.78 is 5.35. The number of amidine groups is 1. The topological polar surface area (TPSA) is 71.1 Å². The number of ether oxygens (including phenoxy) is 1. The smallest absolute Gasteiger partial charge is 0.140 e. The van der Waals surface area contributed by atoms with Gasteiger partial charge in [0.25, 0.3) is 0 Å². The Kier molecular flexibility index (Phi) is 6.15. The molecule has 0 heterocycles. The predicted octanol–water partition coefficient (Wildman–Crippen LogP) is 1.69. The van der Waals surface area contributed by atoms with Crippen LogP contribution < -0.4 is 10.5 Å². The molecule has 1 aromatic rings. The summed E-state index contributed by atoms with van der Waals surface area (Å²) in [5.41, 5.74) is 6.66. The third kappa shape index (κ3) is 4.79. The normalized spacial score (nSPS) is 13.6. The van der Waals surface area contributed by atoms with Gasteiger partial charge in [-0.1, -0.05) is 23.4 Å². The van der Waals surface area contributed by atoms with Crippen molar-refractivity contribution in [1.82, 2.24) is 4.90 Å². The van der Waals surface area contributed by atoms with E-state index in [1.807, 2.05) is 25.2 Å². The molecule has 0 spiro atoms. The van der Waals surface area contributed by atoms with Crippen molar-refractivity contribution in [2.75, 3.05) is 20.7 Å². The molecule has 0 aromatic heterocycles. The minimum Gasteiger partial charge on any atom is -0.496 e. The third-order valence-electron chi connectivity index (χ3n) is 3.31. The van der Waals surface area contributed by atoms with Gasteiger partial charge < -0.3 is 20.6 Å². The number of likely N-dealkylation sites (N-methyl/N-ethyl adjacent to an activating group) is 1. The largest absolute Gasteiger partial charge is 0.496 e. The van der Waals surface area contributed by atoms with Crippen molar-refractivity contribution in [3.63, 3.8) is 0 Å². The first-order chi connectivity index (χ1) is 9.08. The fourth-order valence-corrected chi connectivity index (χ4v) is 1.91. The Morgan fingerprint density at radius 1 is 1.47 bits per heavy atom. The molecule has 5 heteroatoms. The van der Waals surface area contributed by atoms with Crippen molar-refractivity contribution in [2.45, 2.75) is 25.8 Å². The van der Waals surface area contributed by atoms with Gasteiger partial charge in [-0.25, -0.2) is 0 Å². The lowest BCUT2D eigenvalue weighted by Crippen LogP contribution is -2.33. The van der Waals surface area contributed by atoms with Crippen molar-refractivity contribution in [3.05, 3.63) is 29.8 Å². The second-order valence-corrected chi connectivity index (χ2v) is 4.69. The molecule has 0 amide bonds. The van der Waals surface area contributed by atoms with E-state index in [0.29, 0.717) is 12.5 Å². The van der Waals surface area contributed by atoms with Crippen LogP contribution in [0.2, 0.25) is 0 Å². The first-order valence-electron chi connectivity index (χ1n) is 6.37. The van der Waals surface area contributed by atoms with Crippen LogP contribution in [0.15, 0.2) is 29.4 Å². The van der Waals surface area contributed by atoms with Gasteiger partial charge in [-0.05, 0) is 32.0 Å². The Bertz CT molecular complexity index is 421. The van der Waals surface area contributed by atoms with E-state index >= 15 is 0 Å². The number of para-hydroxylation sites is 1. The standard InChI is InChI=1S/C14H23N3O2/c1-11(17(2)9-8-14(15)16-18)10-12-6-4-5-7-13(12)19-3/h4-7,11,18H,8-10H2,1-3H3,(H2,15,16). The fourth-order valence-electron chi connectivity index (χ4n) is 1.91. The number of hydrogen-bond donors (Lipinski definition) is 2. The maximum absolute atomic E-state index is 8.52. The molecule has 1 rings (SSSR count). The van der Waals surface area contributed by atoms with Crippen molar-refractivity contribution >= 4 is 5.84 Å². The molecule has 19 heavy (non-hydrogen) atoms. The highest BCUT2D eigenvalue weighted by Gasteiger charge is 2.12. The van der Waals surface area contributed by atoms with E-state index in [2.05, 4.69) is 23.0 Å². The minimum atomic E-state index is 0.261. The average molecular weight is 265 g/mol. The number of methoxy groups -OCH3 is 1. The Labute approximate surface area is 114 Å². The highest BCUT2D eigenvalue weighted by atomic mass is 16.5. The Balaban J connectivity index is 2.56. The zero-order valence-corrected chi connectivity index (χ0v) is 11.8. The lowest BCUT2D eigenvalue weighted by Gasteiger charge is -2.25. The third-order valence-corrected chi connectivity index (χ3v) is 3.31. The first kappa shape index (κ1) is 15.3. The van der Waals surface area contributed by atoms with E-state index in [1.165, 1.54) is 5.56 Å². The molecule has 0 bridgehead atoms. The molecular weight excluding hydrogens is 242 g/mol. The summed E-state index contributed by atoms with van der Waals surface area (Å²) in [5.74, 6) is 1.18. The second kappa shape index (κ2) is 7.63. The average Bonchev–Trinajstić information content (AvgIpc) is 2.44. The van der Waals surface area contributed by atoms with Crippen LogP contribution >= 0.6 is 0 Å². The van der Waals surface area contributed by atoms with Gasteiger partial charge in [-0.2, -0.15) is 0 Å². The van der Waals surface area contributed by atoms with E-state index in [9.17, 15) is 0 Å². The molecule has 0 radical (unpaired) electrons. The molecule has 106 valence electrons. The fraction of sp³-hybridized carbons (Fsp3) is 0.500. The van der Waals surface area contributed by atoms with Crippen LogP contribution in [0.25, 0.3) is 0 Å². The van der Waals surface area contributed by atoms with Crippen molar-refractivity contribution in [1.29, 1.82) is 0 Å². The maximum atomic E-state index is 8.52. The first-order valence-corrected chi connectivity index (χ1v) is 6.37. The Morgan fingerprint density at radius 2 is 2.16 bits per heavy atom. The lowest BCUT2D eigenvalue weighted by molar-refractivity contribution is 0.259. The molecule has 0 aliphatic heterocycles. The summed E-state index contributed by atoms with van der Waals surface area (Å²) in [7, 11) is 3.72. The molecule has 5 nitrogen and oxygen atoms in total. The second-order valence-electron chi connectivity index (χ2n) is 4.69. The maximum Gasteiger partial charge on any atom is 0.140 e. The number of benzene rings is 1. The van der Waals surface area contributed by atoms with Crippen LogP contribution in [0.5, 0.6) is 5.75 Å². The van der Waals surface area contributed by atoms with Crippen LogP contribution in [0, 0.1) is 0 Å². The molecular formula is C14H23N3O2. The van der Waals surface area contributed by atoms with Gasteiger partial charge in [0.2, 0.25) is 0 Å². The number of nitrogens with zero attached hydrogens (tertiary/aromatic N) is 2. The Hall–Kier alpha value is -1.75. The Morgan fingerprint density at radius 3 is 2.79 bits per heavy atom. The lowest BCUT2D eigenvalue weighted by atomic mass is 10.0. The summed E-state index contributed by atoms with van der Waals surface area (Å²) in [6, 6.07) is 8.38. The molecule has 1 atom stereocenters.